The summed E-state index contributed by atoms with van der Waals surface area (Å²) >= 11 is 5.94. The summed E-state index contributed by atoms with van der Waals surface area (Å²) < 4.78 is 29.4. The van der Waals surface area contributed by atoms with Crippen LogP contribution in [0.2, 0.25) is 5.02 Å². The maximum Gasteiger partial charge on any atom is 0.254 e. The number of rotatable bonds is 7. The fourth-order valence-corrected chi connectivity index (χ4v) is 5.05. The quantitative estimate of drug-likeness (QED) is 0.641. The van der Waals surface area contributed by atoms with Crippen LogP contribution in [0.5, 0.6) is 5.75 Å². The molecule has 0 aliphatic carbocycles. The summed E-state index contributed by atoms with van der Waals surface area (Å²) in [6.45, 7) is 4.31. The van der Waals surface area contributed by atoms with Gasteiger partial charge < -0.3 is 9.64 Å². The van der Waals surface area contributed by atoms with Crippen molar-refractivity contribution < 1.29 is 17.9 Å². The van der Waals surface area contributed by atoms with Gasteiger partial charge in [-0.05, 0) is 48.4 Å². The third-order valence-corrected chi connectivity index (χ3v) is 6.65. The molecule has 7 heteroatoms. The molecule has 148 valence electrons. The molecule has 5 nitrogen and oxygen atoms in total. The molecule has 1 aliphatic heterocycles. The van der Waals surface area contributed by atoms with Crippen LogP contribution in [-0.4, -0.2) is 43.4 Å². The molecule has 0 bridgehead atoms. The molecule has 2 aromatic carbocycles. The van der Waals surface area contributed by atoms with Crippen molar-refractivity contribution in [2.75, 3.05) is 18.1 Å². The summed E-state index contributed by atoms with van der Waals surface area (Å²) in [6, 6.07) is 13.7. The van der Waals surface area contributed by atoms with E-state index >= 15 is 0 Å². The molecule has 3 rings (SSSR count). The topological polar surface area (TPSA) is 63.7 Å². The van der Waals surface area contributed by atoms with E-state index in [9.17, 15) is 13.2 Å². The minimum Gasteiger partial charge on any atom is -0.490 e. The normalized spacial score (nSPS) is 17.8. The SMILES string of the molecule is C=CCOc1ccc(C(=O)N(Cc2ccc(Cl)cc2)[C@@H]2CCS(=O)(=O)C2)cc1. The number of sulfone groups is 1. The van der Waals surface area contributed by atoms with Gasteiger partial charge in [0.15, 0.2) is 9.84 Å². The molecule has 0 aromatic heterocycles. The zero-order valence-corrected chi connectivity index (χ0v) is 17.0. The van der Waals surface area contributed by atoms with Crippen LogP contribution in [0, 0.1) is 0 Å². The van der Waals surface area contributed by atoms with Gasteiger partial charge in [-0.1, -0.05) is 36.4 Å². The van der Waals surface area contributed by atoms with Crippen LogP contribution in [-0.2, 0) is 16.4 Å². The Morgan fingerprint density at radius 2 is 1.86 bits per heavy atom. The van der Waals surface area contributed by atoms with E-state index in [0.717, 1.165) is 5.56 Å². The predicted octanol–water partition coefficient (Wildman–Crippen LogP) is 3.73. The van der Waals surface area contributed by atoms with E-state index in [1.165, 1.54) is 0 Å². The van der Waals surface area contributed by atoms with E-state index in [1.54, 1.807) is 47.4 Å². The minimum atomic E-state index is -3.12. The van der Waals surface area contributed by atoms with Crippen molar-refractivity contribution >= 4 is 27.3 Å². The van der Waals surface area contributed by atoms with Crippen molar-refractivity contribution in [1.82, 2.24) is 4.90 Å². The molecule has 1 fully saturated rings. The van der Waals surface area contributed by atoms with Gasteiger partial charge in [0.2, 0.25) is 0 Å². The van der Waals surface area contributed by atoms with Crippen molar-refractivity contribution in [1.29, 1.82) is 0 Å². The summed E-state index contributed by atoms with van der Waals surface area (Å²) in [5.74, 6) is 0.542. The first-order chi connectivity index (χ1) is 13.4. The Kier molecular flexibility index (Phi) is 6.42. The van der Waals surface area contributed by atoms with E-state index < -0.39 is 9.84 Å². The molecule has 0 radical (unpaired) electrons. The van der Waals surface area contributed by atoms with Crippen LogP contribution in [0.4, 0.5) is 0 Å². The first kappa shape index (κ1) is 20.4. The van der Waals surface area contributed by atoms with Gasteiger partial charge in [-0.3, -0.25) is 4.79 Å². The van der Waals surface area contributed by atoms with Crippen LogP contribution in [0.1, 0.15) is 22.3 Å². The Hall–Kier alpha value is -2.31. The van der Waals surface area contributed by atoms with Crippen molar-refractivity contribution in [3.63, 3.8) is 0 Å². The molecular weight excluding hydrogens is 398 g/mol. The summed E-state index contributed by atoms with van der Waals surface area (Å²) in [7, 11) is -3.12. The molecule has 0 unspecified atom stereocenters. The molecule has 2 aromatic rings. The highest BCUT2D eigenvalue weighted by Crippen LogP contribution is 2.24. The summed E-state index contributed by atoms with van der Waals surface area (Å²) in [5.41, 5.74) is 1.39. The van der Waals surface area contributed by atoms with Crippen LogP contribution in [0.25, 0.3) is 0 Å². The molecule has 28 heavy (non-hydrogen) atoms. The first-order valence-corrected chi connectivity index (χ1v) is 11.2. The smallest absolute Gasteiger partial charge is 0.254 e. The molecule has 0 saturated carbocycles. The van der Waals surface area contributed by atoms with Crippen LogP contribution < -0.4 is 4.74 Å². The molecule has 0 spiro atoms. The number of hydrogen-bond acceptors (Lipinski definition) is 4. The van der Waals surface area contributed by atoms with Gasteiger partial charge in [0.05, 0.1) is 11.5 Å². The average Bonchev–Trinajstić information content (AvgIpc) is 3.05. The lowest BCUT2D eigenvalue weighted by Crippen LogP contribution is -2.40. The molecule has 1 atom stereocenters. The van der Waals surface area contributed by atoms with Gasteiger partial charge in [-0.2, -0.15) is 0 Å². The molecule has 1 amide bonds. The number of ether oxygens (including phenoxy) is 1. The third kappa shape index (κ3) is 5.14. The van der Waals surface area contributed by atoms with E-state index in [1.807, 2.05) is 12.1 Å². The number of hydrogen-bond donors (Lipinski definition) is 0. The van der Waals surface area contributed by atoms with Crippen molar-refractivity contribution in [2.45, 2.75) is 19.0 Å². The lowest BCUT2D eigenvalue weighted by molar-refractivity contribution is 0.0681. The summed E-state index contributed by atoms with van der Waals surface area (Å²) in [5, 5.41) is 0.611. The van der Waals surface area contributed by atoms with E-state index in [2.05, 4.69) is 6.58 Å². The zero-order valence-electron chi connectivity index (χ0n) is 15.4. The largest absolute Gasteiger partial charge is 0.490 e. The third-order valence-electron chi connectivity index (χ3n) is 4.65. The van der Waals surface area contributed by atoms with E-state index in [0.29, 0.717) is 35.9 Å². The second kappa shape index (κ2) is 8.80. The Labute approximate surface area is 170 Å². The van der Waals surface area contributed by atoms with Gasteiger partial charge in [0.25, 0.3) is 5.91 Å². The Morgan fingerprint density at radius 1 is 1.18 bits per heavy atom. The van der Waals surface area contributed by atoms with Crippen LogP contribution >= 0.6 is 11.6 Å². The highest BCUT2D eigenvalue weighted by atomic mass is 35.5. The number of benzene rings is 2. The van der Waals surface area contributed by atoms with Gasteiger partial charge in [-0.15, -0.1) is 0 Å². The highest BCUT2D eigenvalue weighted by Gasteiger charge is 2.35. The Morgan fingerprint density at radius 3 is 2.43 bits per heavy atom. The fourth-order valence-electron chi connectivity index (χ4n) is 3.19. The number of amides is 1. The average molecular weight is 420 g/mol. The Balaban J connectivity index is 1.83. The maximum atomic E-state index is 13.2. The minimum absolute atomic E-state index is 0.00708. The van der Waals surface area contributed by atoms with Gasteiger partial charge >= 0.3 is 0 Å². The Bertz CT molecular complexity index is 939. The van der Waals surface area contributed by atoms with Crippen LogP contribution in [0.15, 0.2) is 61.2 Å². The number of carbonyl (C=O) groups excluding carboxylic acids is 1. The summed E-state index contributed by atoms with van der Waals surface area (Å²) in [6.07, 6.45) is 2.09. The monoisotopic (exact) mass is 419 g/mol. The predicted molar refractivity (Wildman–Crippen MR) is 111 cm³/mol. The van der Waals surface area contributed by atoms with Gasteiger partial charge in [0.1, 0.15) is 12.4 Å². The van der Waals surface area contributed by atoms with E-state index in [-0.39, 0.29) is 23.5 Å². The van der Waals surface area contributed by atoms with Crippen LogP contribution in [0.3, 0.4) is 0 Å². The molecule has 0 N–H and O–H groups in total. The highest BCUT2D eigenvalue weighted by molar-refractivity contribution is 7.91. The standard InChI is InChI=1S/C21H22ClNO4S/c1-2-12-27-20-9-5-17(6-10-20)21(24)23(19-11-13-28(25,26)15-19)14-16-3-7-18(22)8-4-16/h2-10,19H,1,11-15H2/t19-/m1/s1. The summed E-state index contributed by atoms with van der Waals surface area (Å²) in [4.78, 5) is 14.8. The number of nitrogens with zero attached hydrogens (tertiary/aromatic N) is 1. The maximum absolute atomic E-state index is 13.2. The molecular formula is C21H22ClNO4S. The lowest BCUT2D eigenvalue weighted by atomic mass is 10.1. The fraction of sp³-hybridized carbons (Fsp3) is 0.286. The van der Waals surface area contributed by atoms with Crippen molar-refractivity contribution in [3.8, 4) is 5.75 Å². The van der Waals surface area contributed by atoms with Gasteiger partial charge in [-0.25, -0.2) is 8.42 Å². The van der Waals surface area contributed by atoms with Crippen molar-refractivity contribution in [3.05, 3.63) is 77.3 Å². The molecule has 1 saturated heterocycles. The first-order valence-electron chi connectivity index (χ1n) is 8.97. The van der Waals surface area contributed by atoms with Gasteiger partial charge in [0, 0.05) is 23.2 Å². The zero-order chi connectivity index (χ0) is 20.1. The second-order valence-electron chi connectivity index (χ2n) is 6.74. The number of halogens is 1. The molecule has 1 aliphatic rings. The lowest BCUT2D eigenvalue weighted by Gasteiger charge is -2.28. The van der Waals surface area contributed by atoms with E-state index in [4.69, 9.17) is 16.3 Å². The second-order valence-corrected chi connectivity index (χ2v) is 9.41. The molecule has 1 heterocycles. The number of carbonyl (C=O) groups is 1. The van der Waals surface area contributed by atoms with Crippen molar-refractivity contribution in [2.24, 2.45) is 0 Å².